The summed E-state index contributed by atoms with van der Waals surface area (Å²) >= 11 is 3.39. The monoisotopic (exact) mass is 273 g/mol. The molecule has 84 valence electrons. The van der Waals surface area contributed by atoms with E-state index in [4.69, 9.17) is 4.74 Å². The largest absolute Gasteiger partial charge is 0.492 e. The van der Waals surface area contributed by atoms with Crippen LogP contribution in [0.2, 0.25) is 0 Å². The van der Waals surface area contributed by atoms with Crippen molar-refractivity contribution >= 4 is 21.6 Å². The van der Waals surface area contributed by atoms with E-state index in [0.717, 1.165) is 15.9 Å². The average Bonchev–Trinajstić information content (AvgIpc) is 2.17. The third kappa shape index (κ3) is 4.10. The Morgan fingerprint density at radius 2 is 2.27 bits per heavy atom. The minimum absolute atomic E-state index is 0.372. The highest BCUT2D eigenvalue weighted by Crippen LogP contribution is 2.28. The fourth-order valence-corrected chi connectivity index (χ4v) is 1.51. The summed E-state index contributed by atoms with van der Waals surface area (Å²) in [6, 6.07) is 5.78. The molecule has 0 saturated carbocycles. The zero-order valence-corrected chi connectivity index (χ0v) is 10.5. The van der Waals surface area contributed by atoms with Gasteiger partial charge in [0.05, 0.1) is 18.4 Å². The van der Waals surface area contributed by atoms with Gasteiger partial charge in [0.1, 0.15) is 5.75 Å². The van der Waals surface area contributed by atoms with E-state index in [-0.39, 0.29) is 6.10 Å². The first-order valence-electron chi connectivity index (χ1n) is 4.97. The molecule has 0 heterocycles. The summed E-state index contributed by atoms with van der Waals surface area (Å²) < 4.78 is 6.46. The van der Waals surface area contributed by atoms with Crippen LogP contribution in [0.5, 0.6) is 5.75 Å². The molecule has 0 saturated heterocycles. The number of hydrogen-bond acceptors (Lipinski definition) is 3. The molecule has 0 spiro atoms. The topological polar surface area (TPSA) is 41.5 Å². The van der Waals surface area contributed by atoms with Gasteiger partial charge in [-0.25, -0.2) is 0 Å². The van der Waals surface area contributed by atoms with Crippen molar-refractivity contribution in [2.24, 2.45) is 0 Å². The number of ether oxygens (including phenoxy) is 1. The fraction of sp³-hybridized carbons (Fsp3) is 0.455. The molecule has 1 aromatic rings. The molecule has 0 radical (unpaired) electrons. The molecule has 1 rings (SSSR count). The molecular formula is C11H16BrNO2. The Balaban J connectivity index is 2.76. The van der Waals surface area contributed by atoms with Gasteiger partial charge in [-0.1, -0.05) is 15.9 Å². The molecular weight excluding hydrogens is 258 g/mol. The molecule has 2 N–H and O–H groups in total. The molecule has 0 aromatic heterocycles. The fourth-order valence-electron chi connectivity index (χ4n) is 1.17. The Bertz CT molecular complexity index is 315. The summed E-state index contributed by atoms with van der Waals surface area (Å²) in [7, 11) is 0. The van der Waals surface area contributed by atoms with Gasteiger partial charge in [-0.05, 0) is 32.0 Å². The first-order valence-corrected chi connectivity index (χ1v) is 5.77. The minimum Gasteiger partial charge on any atom is -0.492 e. The number of rotatable bonds is 5. The standard InChI is InChI=1S/C11H16BrNO2/c1-3-15-11-6-9(12)4-5-10(11)13-7-8(2)14/h4-6,8,13-14H,3,7H2,1-2H3. The predicted molar refractivity (Wildman–Crippen MR) is 65.5 cm³/mol. The summed E-state index contributed by atoms with van der Waals surface area (Å²) in [6.45, 7) is 4.83. The second kappa shape index (κ2) is 5.98. The van der Waals surface area contributed by atoms with Crippen LogP contribution in [0.25, 0.3) is 0 Å². The molecule has 4 heteroatoms. The van der Waals surface area contributed by atoms with E-state index in [0.29, 0.717) is 13.2 Å². The molecule has 1 aromatic carbocycles. The molecule has 0 aliphatic heterocycles. The van der Waals surface area contributed by atoms with Gasteiger partial charge in [0.25, 0.3) is 0 Å². The van der Waals surface area contributed by atoms with Gasteiger partial charge in [-0.2, -0.15) is 0 Å². The van der Waals surface area contributed by atoms with Crippen LogP contribution >= 0.6 is 15.9 Å². The van der Waals surface area contributed by atoms with Crippen molar-refractivity contribution < 1.29 is 9.84 Å². The van der Waals surface area contributed by atoms with Crippen LogP contribution in [-0.4, -0.2) is 24.4 Å². The molecule has 15 heavy (non-hydrogen) atoms. The number of hydrogen-bond donors (Lipinski definition) is 2. The van der Waals surface area contributed by atoms with Crippen LogP contribution in [0.4, 0.5) is 5.69 Å². The minimum atomic E-state index is -0.372. The zero-order valence-electron chi connectivity index (χ0n) is 8.96. The zero-order chi connectivity index (χ0) is 11.3. The highest BCUT2D eigenvalue weighted by atomic mass is 79.9. The lowest BCUT2D eigenvalue weighted by Gasteiger charge is -2.13. The Kier molecular flexibility index (Phi) is 4.91. The number of benzene rings is 1. The van der Waals surface area contributed by atoms with Gasteiger partial charge < -0.3 is 15.2 Å². The maximum atomic E-state index is 9.18. The molecule has 0 amide bonds. The van der Waals surface area contributed by atoms with Crippen molar-refractivity contribution in [1.82, 2.24) is 0 Å². The quantitative estimate of drug-likeness (QED) is 0.867. The molecule has 0 bridgehead atoms. The van der Waals surface area contributed by atoms with Gasteiger partial charge in [-0.15, -0.1) is 0 Å². The van der Waals surface area contributed by atoms with Crippen molar-refractivity contribution in [3.63, 3.8) is 0 Å². The Labute approximate surface area is 98.6 Å². The van der Waals surface area contributed by atoms with Crippen LogP contribution in [0.1, 0.15) is 13.8 Å². The summed E-state index contributed by atoms with van der Waals surface area (Å²) in [5.74, 6) is 0.799. The number of aliphatic hydroxyl groups excluding tert-OH is 1. The molecule has 3 nitrogen and oxygen atoms in total. The lowest BCUT2D eigenvalue weighted by atomic mass is 10.3. The van der Waals surface area contributed by atoms with Crippen molar-refractivity contribution in [3.8, 4) is 5.75 Å². The first-order chi connectivity index (χ1) is 7.13. The summed E-state index contributed by atoms with van der Waals surface area (Å²) in [5.41, 5.74) is 0.904. The number of halogens is 1. The van der Waals surface area contributed by atoms with Gasteiger partial charge in [0.2, 0.25) is 0 Å². The number of aliphatic hydroxyl groups is 1. The lowest BCUT2D eigenvalue weighted by Crippen LogP contribution is -2.15. The number of anilines is 1. The summed E-state index contributed by atoms with van der Waals surface area (Å²) in [5, 5.41) is 12.3. The maximum absolute atomic E-state index is 9.18. The third-order valence-electron chi connectivity index (χ3n) is 1.83. The van der Waals surface area contributed by atoms with E-state index >= 15 is 0 Å². The van der Waals surface area contributed by atoms with E-state index in [1.54, 1.807) is 6.92 Å². The second-order valence-corrected chi connectivity index (χ2v) is 4.22. The number of nitrogens with one attached hydrogen (secondary N) is 1. The van der Waals surface area contributed by atoms with Gasteiger partial charge in [0, 0.05) is 11.0 Å². The SMILES string of the molecule is CCOc1cc(Br)ccc1NCC(C)O. The average molecular weight is 274 g/mol. The highest BCUT2D eigenvalue weighted by molar-refractivity contribution is 9.10. The van der Waals surface area contributed by atoms with Gasteiger partial charge in [-0.3, -0.25) is 0 Å². The Hall–Kier alpha value is -0.740. The van der Waals surface area contributed by atoms with E-state index in [9.17, 15) is 5.11 Å². The van der Waals surface area contributed by atoms with Crippen molar-refractivity contribution in [3.05, 3.63) is 22.7 Å². The first kappa shape index (κ1) is 12.3. The molecule has 1 unspecified atom stereocenters. The van der Waals surface area contributed by atoms with Gasteiger partial charge >= 0.3 is 0 Å². The second-order valence-electron chi connectivity index (χ2n) is 3.30. The maximum Gasteiger partial charge on any atom is 0.143 e. The normalized spacial score (nSPS) is 12.3. The Morgan fingerprint density at radius 1 is 1.53 bits per heavy atom. The van der Waals surface area contributed by atoms with E-state index < -0.39 is 0 Å². The molecule has 1 atom stereocenters. The predicted octanol–water partition coefficient (Wildman–Crippen LogP) is 2.64. The van der Waals surface area contributed by atoms with Crippen molar-refractivity contribution in [2.75, 3.05) is 18.5 Å². The molecule has 0 aliphatic rings. The molecule has 0 aliphatic carbocycles. The Morgan fingerprint density at radius 3 is 2.87 bits per heavy atom. The third-order valence-corrected chi connectivity index (χ3v) is 2.32. The lowest BCUT2D eigenvalue weighted by molar-refractivity contribution is 0.208. The van der Waals surface area contributed by atoms with Crippen LogP contribution in [-0.2, 0) is 0 Å². The van der Waals surface area contributed by atoms with E-state index in [2.05, 4.69) is 21.2 Å². The van der Waals surface area contributed by atoms with E-state index in [1.165, 1.54) is 0 Å². The summed E-state index contributed by atoms with van der Waals surface area (Å²) in [4.78, 5) is 0. The smallest absolute Gasteiger partial charge is 0.143 e. The van der Waals surface area contributed by atoms with Crippen LogP contribution in [0, 0.1) is 0 Å². The molecule has 0 fully saturated rings. The van der Waals surface area contributed by atoms with Gasteiger partial charge in [0.15, 0.2) is 0 Å². The van der Waals surface area contributed by atoms with Crippen molar-refractivity contribution in [1.29, 1.82) is 0 Å². The van der Waals surface area contributed by atoms with Crippen LogP contribution in [0.3, 0.4) is 0 Å². The van der Waals surface area contributed by atoms with Crippen LogP contribution < -0.4 is 10.1 Å². The van der Waals surface area contributed by atoms with Crippen molar-refractivity contribution in [2.45, 2.75) is 20.0 Å². The summed E-state index contributed by atoms with van der Waals surface area (Å²) in [6.07, 6.45) is -0.372. The van der Waals surface area contributed by atoms with E-state index in [1.807, 2.05) is 25.1 Å². The van der Waals surface area contributed by atoms with Crippen LogP contribution in [0.15, 0.2) is 22.7 Å². The highest BCUT2D eigenvalue weighted by Gasteiger charge is 2.04.